The van der Waals surface area contributed by atoms with E-state index in [4.69, 9.17) is 14.9 Å². The second-order valence-corrected chi connectivity index (χ2v) is 5.50. The number of amides is 1. The van der Waals surface area contributed by atoms with Crippen LogP contribution in [0, 0.1) is 5.82 Å². The summed E-state index contributed by atoms with van der Waals surface area (Å²) in [6.07, 6.45) is 0. The number of benzene rings is 1. The van der Waals surface area contributed by atoms with E-state index < -0.39 is 5.91 Å². The van der Waals surface area contributed by atoms with E-state index in [9.17, 15) is 9.18 Å². The Kier molecular flexibility index (Phi) is 7.02. The third-order valence-corrected chi connectivity index (χ3v) is 3.51. The number of rotatable bonds is 8. The van der Waals surface area contributed by atoms with Gasteiger partial charge in [-0.05, 0) is 31.2 Å². The number of hydrogen-bond acceptors (Lipinski definition) is 4. The van der Waals surface area contributed by atoms with Gasteiger partial charge in [0, 0.05) is 13.6 Å². The van der Waals surface area contributed by atoms with Gasteiger partial charge in [0.05, 0.1) is 6.54 Å². The number of furan rings is 1. The maximum atomic E-state index is 13.5. The second-order valence-electron chi connectivity index (χ2n) is 5.50. The van der Waals surface area contributed by atoms with Crippen LogP contribution in [0.3, 0.4) is 0 Å². The summed E-state index contributed by atoms with van der Waals surface area (Å²) >= 11 is 0. The van der Waals surface area contributed by atoms with E-state index >= 15 is 0 Å². The van der Waals surface area contributed by atoms with Crippen LogP contribution in [-0.2, 0) is 6.54 Å². The molecule has 1 heterocycles. The molecule has 26 heavy (non-hydrogen) atoms. The number of nitrogens with one attached hydrogen (secondary N) is 1. The summed E-state index contributed by atoms with van der Waals surface area (Å²) in [7, 11) is 1.85. The van der Waals surface area contributed by atoms with E-state index in [-0.39, 0.29) is 23.9 Å². The Hall–Kier alpha value is -3.03. The van der Waals surface area contributed by atoms with Crippen molar-refractivity contribution >= 4 is 11.9 Å². The highest BCUT2D eigenvalue weighted by Crippen LogP contribution is 2.15. The van der Waals surface area contributed by atoms with Gasteiger partial charge in [-0.25, -0.2) is 9.38 Å². The van der Waals surface area contributed by atoms with Gasteiger partial charge in [-0.1, -0.05) is 12.1 Å². The van der Waals surface area contributed by atoms with Crippen LogP contribution in [0.15, 0.2) is 45.8 Å². The fourth-order valence-electron chi connectivity index (χ4n) is 2.18. The molecule has 0 fully saturated rings. The number of guanidine groups is 1. The molecule has 0 unspecified atom stereocenters. The molecule has 0 spiro atoms. The molecule has 0 atom stereocenters. The van der Waals surface area contributed by atoms with Crippen LogP contribution in [0.2, 0.25) is 0 Å². The lowest BCUT2D eigenvalue weighted by Crippen LogP contribution is -2.40. The summed E-state index contributed by atoms with van der Waals surface area (Å²) in [5, 5.41) is 3.16. The molecule has 2 rings (SSSR count). The predicted molar refractivity (Wildman–Crippen MR) is 96.6 cm³/mol. The minimum absolute atomic E-state index is 0.104. The Morgan fingerprint density at radius 2 is 2.12 bits per heavy atom. The summed E-state index contributed by atoms with van der Waals surface area (Å²) in [5.41, 5.74) is 5.16. The Labute approximate surface area is 151 Å². The summed E-state index contributed by atoms with van der Waals surface area (Å²) in [6, 6.07) is 9.45. The van der Waals surface area contributed by atoms with Crippen LogP contribution >= 0.6 is 0 Å². The van der Waals surface area contributed by atoms with Gasteiger partial charge in [0.25, 0.3) is 5.91 Å². The molecule has 0 aliphatic carbocycles. The SMILES string of the molecule is CCNC(=NCc1ccc(C(N)=O)o1)N(C)CCOc1ccccc1F. The van der Waals surface area contributed by atoms with Crippen LogP contribution in [0.4, 0.5) is 4.39 Å². The number of aliphatic imine (C=N–C) groups is 1. The highest BCUT2D eigenvalue weighted by molar-refractivity contribution is 5.89. The lowest BCUT2D eigenvalue weighted by Gasteiger charge is -2.22. The third-order valence-electron chi connectivity index (χ3n) is 3.51. The van der Waals surface area contributed by atoms with Crippen LogP contribution in [-0.4, -0.2) is 43.5 Å². The molecule has 1 aromatic heterocycles. The number of carbonyl (C=O) groups excluding carboxylic acids is 1. The van der Waals surface area contributed by atoms with Gasteiger partial charge in [-0.2, -0.15) is 0 Å². The first-order valence-corrected chi connectivity index (χ1v) is 8.26. The van der Waals surface area contributed by atoms with E-state index in [1.807, 2.05) is 18.9 Å². The van der Waals surface area contributed by atoms with Crippen molar-refractivity contribution in [1.82, 2.24) is 10.2 Å². The fraction of sp³-hybridized carbons (Fsp3) is 0.333. The predicted octanol–water partition coefficient (Wildman–Crippen LogP) is 1.99. The van der Waals surface area contributed by atoms with Crippen molar-refractivity contribution in [3.8, 4) is 5.75 Å². The average Bonchev–Trinajstić information content (AvgIpc) is 3.09. The van der Waals surface area contributed by atoms with Crippen molar-refractivity contribution in [1.29, 1.82) is 0 Å². The summed E-state index contributed by atoms with van der Waals surface area (Å²) in [5.74, 6) is 0.490. The first-order valence-electron chi connectivity index (χ1n) is 8.26. The molecule has 140 valence electrons. The summed E-state index contributed by atoms with van der Waals surface area (Å²) < 4.78 is 24.3. The highest BCUT2D eigenvalue weighted by atomic mass is 19.1. The van der Waals surface area contributed by atoms with Crippen LogP contribution in [0.1, 0.15) is 23.2 Å². The van der Waals surface area contributed by atoms with Gasteiger partial charge in [0.1, 0.15) is 18.9 Å². The van der Waals surface area contributed by atoms with E-state index in [2.05, 4.69) is 10.3 Å². The van der Waals surface area contributed by atoms with Crippen molar-refractivity contribution in [3.63, 3.8) is 0 Å². The summed E-state index contributed by atoms with van der Waals surface area (Å²) in [4.78, 5) is 17.4. The van der Waals surface area contributed by atoms with Gasteiger partial charge in [-0.15, -0.1) is 0 Å². The van der Waals surface area contributed by atoms with Crippen LogP contribution in [0.25, 0.3) is 0 Å². The van der Waals surface area contributed by atoms with E-state index in [0.29, 0.717) is 31.4 Å². The normalized spacial score (nSPS) is 11.3. The summed E-state index contributed by atoms with van der Waals surface area (Å²) in [6.45, 7) is 3.70. The number of nitrogens with two attached hydrogens (primary N) is 1. The van der Waals surface area contributed by atoms with E-state index in [0.717, 1.165) is 0 Å². The standard InChI is InChI=1S/C18H23FN4O3/c1-3-21-18(22-12-13-8-9-16(26-13)17(20)24)23(2)10-11-25-15-7-5-4-6-14(15)19/h4-9H,3,10-12H2,1-2H3,(H2,20,24)(H,21,22). The van der Waals surface area contributed by atoms with Crippen molar-refractivity contribution in [2.75, 3.05) is 26.7 Å². The van der Waals surface area contributed by atoms with Gasteiger partial charge < -0.3 is 25.1 Å². The van der Waals surface area contributed by atoms with Gasteiger partial charge in [0.15, 0.2) is 23.3 Å². The number of likely N-dealkylation sites (N-methyl/N-ethyl adjacent to an activating group) is 1. The van der Waals surface area contributed by atoms with Gasteiger partial charge >= 0.3 is 0 Å². The third kappa shape index (κ3) is 5.51. The number of hydrogen-bond donors (Lipinski definition) is 2. The average molecular weight is 362 g/mol. The van der Waals surface area contributed by atoms with Crippen LogP contribution in [0.5, 0.6) is 5.75 Å². The van der Waals surface area contributed by atoms with E-state index in [1.165, 1.54) is 12.1 Å². The van der Waals surface area contributed by atoms with Crippen molar-refractivity contribution < 1.29 is 18.3 Å². The first kappa shape index (κ1) is 19.3. The minimum atomic E-state index is -0.616. The Morgan fingerprint density at radius 3 is 2.77 bits per heavy atom. The maximum absolute atomic E-state index is 13.5. The molecular weight excluding hydrogens is 339 g/mol. The lowest BCUT2D eigenvalue weighted by molar-refractivity contribution is 0.0972. The van der Waals surface area contributed by atoms with Crippen molar-refractivity contribution in [2.45, 2.75) is 13.5 Å². The second kappa shape index (κ2) is 9.45. The van der Waals surface area contributed by atoms with Crippen molar-refractivity contribution in [3.05, 3.63) is 53.7 Å². The topological polar surface area (TPSA) is 93.1 Å². The molecule has 0 aliphatic rings. The molecule has 0 saturated carbocycles. The molecule has 0 aliphatic heterocycles. The van der Waals surface area contributed by atoms with Gasteiger partial charge in [-0.3, -0.25) is 4.79 Å². The molecule has 1 aromatic carbocycles. The Balaban J connectivity index is 1.91. The molecule has 2 aromatic rings. The molecular formula is C18H23FN4O3. The Bertz CT molecular complexity index is 760. The van der Waals surface area contributed by atoms with E-state index in [1.54, 1.807) is 24.3 Å². The highest BCUT2D eigenvalue weighted by Gasteiger charge is 2.09. The van der Waals surface area contributed by atoms with Crippen molar-refractivity contribution in [2.24, 2.45) is 10.7 Å². The fourth-order valence-corrected chi connectivity index (χ4v) is 2.18. The number of carbonyl (C=O) groups is 1. The zero-order valence-electron chi connectivity index (χ0n) is 14.9. The molecule has 8 heteroatoms. The van der Waals surface area contributed by atoms with Crippen LogP contribution < -0.4 is 15.8 Å². The molecule has 7 nitrogen and oxygen atoms in total. The molecule has 0 bridgehead atoms. The van der Waals surface area contributed by atoms with Gasteiger partial charge in [0.2, 0.25) is 0 Å². The minimum Gasteiger partial charge on any atom is -0.489 e. The number of halogens is 1. The molecule has 1 amide bonds. The first-order chi connectivity index (χ1) is 12.5. The molecule has 3 N–H and O–H groups in total. The maximum Gasteiger partial charge on any atom is 0.284 e. The molecule has 0 radical (unpaired) electrons. The smallest absolute Gasteiger partial charge is 0.284 e. The largest absolute Gasteiger partial charge is 0.489 e. The number of para-hydroxylation sites is 1. The lowest BCUT2D eigenvalue weighted by atomic mass is 10.3. The monoisotopic (exact) mass is 362 g/mol. The number of primary amides is 1. The molecule has 0 saturated heterocycles. The number of nitrogens with zero attached hydrogens (tertiary/aromatic N) is 2. The zero-order valence-corrected chi connectivity index (χ0v) is 14.9. The number of ether oxygens (including phenoxy) is 1. The zero-order chi connectivity index (χ0) is 18.9. The Morgan fingerprint density at radius 1 is 1.35 bits per heavy atom. The quantitative estimate of drug-likeness (QED) is 0.553.